The summed E-state index contributed by atoms with van der Waals surface area (Å²) in [6.07, 6.45) is 5.76. The molecule has 2 heterocycles. The Balaban J connectivity index is 1.61. The molecule has 0 radical (unpaired) electrons. The molecule has 9 nitrogen and oxygen atoms in total. The van der Waals surface area contributed by atoms with E-state index in [4.69, 9.17) is 16.3 Å². The maximum atomic E-state index is 12.2. The number of nitrogens with zero attached hydrogens (tertiary/aromatic N) is 5. The van der Waals surface area contributed by atoms with Crippen molar-refractivity contribution in [2.75, 3.05) is 11.9 Å². The Bertz CT molecular complexity index is 1070. The molecule has 0 bridgehead atoms. The predicted octanol–water partition coefficient (Wildman–Crippen LogP) is 2.47. The maximum Gasteiger partial charge on any atom is 0.331 e. The quantitative estimate of drug-likeness (QED) is 0.491. The van der Waals surface area contributed by atoms with Crippen LogP contribution in [0.4, 0.5) is 5.69 Å². The van der Waals surface area contributed by atoms with Crippen LogP contribution in [0.2, 0.25) is 5.02 Å². The topological polar surface area (TPSA) is 104 Å². The number of rotatable bonds is 6. The number of carbonyl (C=O) groups is 2. The average Bonchev–Trinajstić information content (AvgIpc) is 3.28. The van der Waals surface area contributed by atoms with E-state index >= 15 is 0 Å². The van der Waals surface area contributed by atoms with Crippen molar-refractivity contribution in [3.05, 3.63) is 58.9 Å². The molecule has 2 aromatic heterocycles. The van der Waals surface area contributed by atoms with Gasteiger partial charge in [-0.05, 0) is 38.1 Å². The number of esters is 1. The number of nitrogens with one attached hydrogen (secondary N) is 1. The van der Waals surface area contributed by atoms with Gasteiger partial charge in [0.1, 0.15) is 12.7 Å². The van der Waals surface area contributed by atoms with Crippen LogP contribution in [0.3, 0.4) is 0 Å². The van der Waals surface area contributed by atoms with Crippen LogP contribution in [0, 0.1) is 13.8 Å². The lowest BCUT2D eigenvalue weighted by atomic mass is 10.2. The molecule has 1 N–H and O–H groups in total. The molecule has 3 rings (SSSR count). The summed E-state index contributed by atoms with van der Waals surface area (Å²) in [5.41, 5.74) is 3.56. The van der Waals surface area contributed by atoms with Gasteiger partial charge in [-0.1, -0.05) is 11.6 Å². The first-order chi connectivity index (χ1) is 13.8. The van der Waals surface area contributed by atoms with Crippen LogP contribution in [0.5, 0.6) is 0 Å². The van der Waals surface area contributed by atoms with Crippen molar-refractivity contribution in [2.45, 2.75) is 13.8 Å². The number of anilines is 1. The average molecular weight is 415 g/mol. The summed E-state index contributed by atoms with van der Waals surface area (Å²) >= 11 is 6.02. The smallest absolute Gasteiger partial charge is 0.331 e. The third-order valence-corrected chi connectivity index (χ3v) is 4.43. The van der Waals surface area contributed by atoms with Crippen LogP contribution in [-0.2, 0) is 21.4 Å². The number of ether oxygens (including phenoxy) is 1. The highest BCUT2D eigenvalue weighted by molar-refractivity contribution is 6.31. The minimum atomic E-state index is -0.634. The number of amides is 1. The molecule has 0 fully saturated rings. The Hall–Kier alpha value is -3.46. The zero-order valence-corrected chi connectivity index (χ0v) is 16.8. The summed E-state index contributed by atoms with van der Waals surface area (Å²) in [4.78, 5) is 28.1. The van der Waals surface area contributed by atoms with Gasteiger partial charge in [0.25, 0.3) is 5.91 Å². The lowest BCUT2D eigenvalue weighted by molar-refractivity contribution is -0.142. The van der Waals surface area contributed by atoms with Crippen molar-refractivity contribution in [1.29, 1.82) is 0 Å². The van der Waals surface area contributed by atoms with Crippen molar-refractivity contribution >= 4 is 35.2 Å². The fourth-order valence-electron chi connectivity index (χ4n) is 2.69. The Morgan fingerprint density at radius 1 is 1.31 bits per heavy atom. The van der Waals surface area contributed by atoms with Gasteiger partial charge in [0.15, 0.2) is 6.61 Å². The summed E-state index contributed by atoms with van der Waals surface area (Å²) in [5.74, 6) is -1.14. The molecule has 0 saturated heterocycles. The minimum Gasteiger partial charge on any atom is -0.452 e. The Morgan fingerprint density at radius 3 is 2.76 bits per heavy atom. The molecule has 1 aromatic carbocycles. The highest BCUT2D eigenvalue weighted by atomic mass is 35.5. The Kier molecular flexibility index (Phi) is 6.08. The zero-order valence-electron chi connectivity index (χ0n) is 16.1. The summed E-state index contributed by atoms with van der Waals surface area (Å²) in [5, 5.41) is 11.4. The molecule has 0 unspecified atom stereocenters. The molecule has 3 aromatic rings. The van der Waals surface area contributed by atoms with Gasteiger partial charge in [-0.15, -0.1) is 0 Å². The maximum absolute atomic E-state index is 12.2. The molecule has 0 aliphatic heterocycles. The largest absolute Gasteiger partial charge is 0.452 e. The van der Waals surface area contributed by atoms with Crippen molar-refractivity contribution in [3.8, 4) is 5.69 Å². The van der Waals surface area contributed by atoms with E-state index in [0.29, 0.717) is 16.4 Å². The molecule has 10 heteroatoms. The van der Waals surface area contributed by atoms with Gasteiger partial charge < -0.3 is 10.1 Å². The van der Waals surface area contributed by atoms with E-state index in [2.05, 4.69) is 20.5 Å². The molecule has 150 valence electrons. The van der Waals surface area contributed by atoms with E-state index in [0.717, 1.165) is 17.0 Å². The molecule has 0 saturated carbocycles. The van der Waals surface area contributed by atoms with Crippen molar-refractivity contribution in [2.24, 2.45) is 7.05 Å². The molecule has 0 atom stereocenters. The Morgan fingerprint density at radius 2 is 2.10 bits per heavy atom. The van der Waals surface area contributed by atoms with Gasteiger partial charge in [0.05, 0.1) is 17.1 Å². The second kappa shape index (κ2) is 8.70. The fourth-order valence-corrected chi connectivity index (χ4v) is 2.87. The number of carbonyl (C=O) groups excluding carboxylic acids is 2. The van der Waals surface area contributed by atoms with Crippen molar-refractivity contribution in [1.82, 2.24) is 24.5 Å². The number of hydrogen-bond acceptors (Lipinski definition) is 6. The number of aryl methyl sites for hydroxylation is 2. The highest BCUT2D eigenvalue weighted by Crippen LogP contribution is 2.23. The van der Waals surface area contributed by atoms with Gasteiger partial charge in [0, 0.05) is 29.4 Å². The number of hydrogen-bond donors (Lipinski definition) is 1. The molecule has 29 heavy (non-hydrogen) atoms. The molecular formula is C19H19ClN6O3. The zero-order chi connectivity index (χ0) is 21.0. The highest BCUT2D eigenvalue weighted by Gasteiger charge is 2.12. The first-order valence-corrected chi connectivity index (χ1v) is 9.02. The van der Waals surface area contributed by atoms with Crippen LogP contribution >= 0.6 is 11.6 Å². The van der Waals surface area contributed by atoms with E-state index in [1.54, 1.807) is 29.0 Å². The Labute approximate surface area is 171 Å². The number of aromatic nitrogens is 5. The van der Waals surface area contributed by atoms with Gasteiger partial charge in [-0.3, -0.25) is 9.48 Å². The van der Waals surface area contributed by atoms with Crippen LogP contribution < -0.4 is 5.32 Å². The molecule has 0 aliphatic rings. The van der Waals surface area contributed by atoms with Gasteiger partial charge in [-0.25, -0.2) is 14.5 Å². The number of halogens is 1. The fraction of sp³-hybridized carbons (Fsp3) is 0.211. The van der Waals surface area contributed by atoms with Crippen molar-refractivity contribution in [3.63, 3.8) is 0 Å². The lowest BCUT2D eigenvalue weighted by Crippen LogP contribution is -2.21. The summed E-state index contributed by atoms with van der Waals surface area (Å²) in [6.45, 7) is 3.30. The van der Waals surface area contributed by atoms with E-state index in [-0.39, 0.29) is 0 Å². The summed E-state index contributed by atoms with van der Waals surface area (Å²) in [6, 6.07) is 4.94. The summed E-state index contributed by atoms with van der Waals surface area (Å²) in [7, 11) is 1.83. The summed E-state index contributed by atoms with van der Waals surface area (Å²) < 4.78 is 8.23. The SMILES string of the molecule is Cc1nn(C)c(C)c1/C=C/C(=O)OCC(=O)Nc1cc(Cl)ccc1-n1cncn1. The lowest BCUT2D eigenvalue weighted by Gasteiger charge is -2.11. The van der Waals surface area contributed by atoms with Crippen LogP contribution in [0.1, 0.15) is 17.0 Å². The molecule has 0 aliphatic carbocycles. The monoisotopic (exact) mass is 414 g/mol. The van der Waals surface area contributed by atoms with E-state index in [9.17, 15) is 9.59 Å². The second-order valence-corrected chi connectivity index (χ2v) is 6.64. The molecule has 0 spiro atoms. The van der Waals surface area contributed by atoms with E-state index in [1.807, 2.05) is 20.9 Å². The second-order valence-electron chi connectivity index (χ2n) is 6.20. The van der Waals surface area contributed by atoms with Crippen molar-refractivity contribution < 1.29 is 14.3 Å². The normalized spacial score (nSPS) is 11.0. The number of benzene rings is 1. The predicted molar refractivity (Wildman–Crippen MR) is 108 cm³/mol. The van der Waals surface area contributed by atoms with Gasteiger partial charge in [0.2, 0.25) is 0 Å². The van der Waals surface area contributed by atoms with Crippen LogP contribution in [0.15, 0.2) is 36.9 Å². The van der Waals surface area contributed by atoms with E-state index in [1.165, 1.54) is 23.4 Å². The van der Waals surface area contributed by atoms with E-state index < -0.39 is 18.5 Å². The first-order valence-electron chi connectivity index (χ1n) is 8.64. The standard InChI is InChI=1S/C19H19ClN6O3/c1-12-15(13(2)25(3)24-12)5-7-19(28)29-9-18(27)23-16-8-14(20)4-6-17(16)26-11-21-10-22-26/h4-8,10-11H,9H2,1-3H3,(H,23,27)/b7-5+. The van der Waals surface area contributed by atoms with Crippen LogP contribution in [0.25, 0.3) is 11.8 Å². The first kappa shape index (κ1) is 20.3. The van der Waals surface area contributed by atoms with Gasteiger partial charge >= 0.3 is 5.97 Å². The van der Waals surface area contributed by atoms with Crippen LogP contribution in [-0.4, -0.2) is 43.0 Å². The molecular weight excluding hydrogens is 396 g/mol. The van der Waals surface area contributed by atoms with Gasteiger partial charge in [-0.2, -0.15) is 10.2 Å². The third kappa shape index (κ3) is 4.88. The minimum absolute atomic E-state index is 0.418. The third-order valence-electron chi connectivity index (χ3n) is 4.19. The molecule has 1 amide bonds.